The zero-order valence-corrected chi connectivity index (χ0v) is 20.3. The lowest BCUT2D eigenvalue weighted by Gasteiger charge is -2.45. The van der Waals surface area contributed by atoms with Crippen LogP contribution in [0.2, 0.25) is 0 Å². The molecule has 0 aliphatic heterocycles. The van der Waals surface area contributed by atoms with E-state index in [1.165, 1.54) is 5.56 Å². The van der Waals surface area contributed by atoms with E-state index in [0.717, 1.165) is 48.3 Å². The number of carbonyl (C=O) groups excluding carboxylic acids is 1. The van der Waals surface area contributed by atoms with Gasteiger partial charge in [0.25, 0.3) is 5.91 Å². The Morgan fingerprint density at radius 3 is 2.73 bits per heavy atom. The molecular formula is C25H29ClN6O. The number of pyridine rings is 2. The second-order valence-electron chi connectivity index (χ2n) is 10.3. The van der Waals surface area contributed by atoms with Gasteiger partial charge in [-0.1, -0.05) is 20.8 Å². The number of fused-ring (bicyclic) bond motifs is 1. The highest BCUT2D eigenvalue weighted by atomic mass is 35.5. The largest absolute Gasteiger partial charge is 0.320 e. The van der Waals surface area contributed by atoms with Crippen molar-refractivity contribution < 1.29 is 4.79 Å². The van der Waals surface area contributed by atoms with E-state index in [-0.39, 0.29) is 16.7 Å². The van der Waals surface area contributed by atoms with Crippen LogP contribution in [0, 0.1) is 5.92 Å². The molecule has 3 aromatic heterocycles. The van der Waals surface area contributed by atoms with Gasteiger partial charge in [-0.15, -0.1) is 21.8 Å². The highest BCUT2D eigenvalue weighted by Crippen LogP contribution is 2.51. The van der Waals surface area contributed by atoms with Gasteiger partial charge >= 0.3 is 0 Å². The number of aryl methyl sites for hydroxylation is 1. The third kappa shape index (κ3) is 3.62. The van der Waals surface area contributed by atoms with Crippen molar-refractivity contribution in [2.75, 3.05) is 5.32 Å². The molecule has 1 amide bonds. The van der Waals surface area contributed by atoms with E-state index in [1.54, 1.807) is 12.5 Å². The maximum atomic E-state index is 13.2. The Morgan fingerprint density at radius 2 is 2.06 bits per heavy atom. The van der Waals surface area contributed by atoms with Gasteiger partial charge in [0.1, 0.15) is 17.8 Å². The molecule has 0 bridgehead atoms. The van der Waals surface area contributed by atoms with Crippen LogP contribution in [0.4, 0.5) is 5.69 Å². The second kappa shape index (κ2) is 7.90. The van der Waals surface area contributed by atoms with Gasteiger partial charge in [-0.3, -0.25) is 9.78 Å². The molecule has 1 N–H and O–H groups in total. The number of amides is 1. The van der Waals surface area contributed by atoms with Crippen LogP contribution in [0.15, 0.2) is 30.9 Å². The first-order valence-corrected chi connectivity index (χ1v) is 12.0. The molecule has 3 aromatic rings. The third-order valence-electron chi connectivity index (χ3n) is 7.32. The van der Waals surface area contributed by atoms with Gasteiger partial charge in [-0.05, 0) is 60.4 Å². The van der Waals surface area contributed by atoms with Crippen LogP contribution in [0.25, 0.3) is 0 Å². The Kier molecular flexibility index (Phi) is 5.27. The summed E-state index contributed by atoms with van der Waals surface area (Å²) in [6.45, 7) is 6.58. The van der Waals surface area contributed by atoms with E-state index in [4.69, 9.17) is 16.6 Å². The molecule has 172 valence electrons. The highest BCUT2D eigenvalue weighted by Gasteiger charge is 2.48. The maximum Gasteiger partial charge on any atom is 0.274 e. The van der Waals surface area contributed by atoms with Crippen LogP contribution in [-0.2, 0) is 30.2 Å². The maximum absolute atomic E-state index is 13.2. The molecule has 3 heterocycles. The molecule has 7 nitrogen and oxygen atoms in total. The number of hydrogen-bond donors (Lipinski definition) is 1. The molecule has 8 heteroatoms. The zero-order valence-electron chi connectivity index (χ0n) is 19.5. The van der Waals surface area contributed by atoms with Crippen molar-refractivity contribution >= 4 is 23.2 Å². The van der Waals surface area contributed by atoms with Gasteiger partial charge in [-0.2, -0.15) is 0 Å². The summed E-state index contributed by atoms with van der Waals surface area (Å²) in [5, 5.41) is 11.5. The molecule has 0 spiro atoms. The fraction of sp³-hybridized carbons (Fsp3) is 0.480. The minimum Gasteiger partial charge on any atom is -0.320 e. The lowest BCUT2D eigenvalue weighted by molar-refractivity contribution is 0.102. The van der Waals surface area contributed by atoms with E-state index >= 15 is 0 Å². The minimum atomic E-state index is -0.250. The lowest BCUT2D eigenvalue weighted by atomic mass is 9.59. The Labute approximate surface area is 199 Å². The fourth-order valence-electron chi connectivity index (χ4n) is 5.61. The number of rotatable bonds is 5. The first-order valence-electron chi connectivity index (χ1n) is 11.4. The molecule has 0 aromatic carbocycles. The van der Waals surface area contributed by atoms with Crippen molar-refractivity contribution in [2.45, 2.75) is 63.2 Å². The first kappa shape index (κ1) is 22.0. The van der Waals surface area contributed by atoms with Gasteiger partial charge in [0.2, 0.25) is 0 Å². The molecule has 0 saturated heterocycles. The number of nitrogens with one attached hydrogen (secondary N) is 1. The number of aromatic nitrogens is 5. The van der Waals surface area contributed by atoms with Crippen LogP contribution < -0.4 is 5.32 Å². The number of anilines is 1. The van der Waals surface area contributed by atoms with Gasteiger partial charge in [-0.25, -0.2) is 4.98 Å². The molecular weight excluding hydrogens is 436 g/mol. The monoisotopic (exact) mass is 464 g/mol. The molecule has 0 atom stereocenters. The van der Waals surface area contributed by atoms with Gasteiger partial charge in [0.05, 0.1) is 23.0 Å². The summed E-state index contributed by atoms with van der Waals surface area (Å²) in [6.07, 6.45) is 9.19. The summed E-state index contributed by atoms with van der Waals surface area (Å²) >= 11 is 6.22. The average molecular weight is 465 g/mol. The summed E-state index contributed by atoms with van der Waals surface area (Å²) in [4.78, 5) is 22.4. The Hall–Kier alpha value is -2.80. The third-order valence-corrected chi connectivity index (χ3v) is 7.60. The van der Waals surface area contributed by atoms with Crippen molar-refractivity contribution in [1.29, 1.82) is 0 Å². The summed E-state index contributed by atoms with van der Waals surface area (Å²) in [5.41, 5.74) is 4.96. The van der Waals surface area contributed by atoms with Crippen LogP contribution >= 0.6 is 11.6 Å². The van der Waals surface area contributed by atoms with Crippen LogP contribution in [-0.4, -0.2) is 30.6 Å². The minimum absolute atomic E-state index is 0.0582. The van der Waals surface area contributed by atoms with Crippen LogP contribution in [0.3, 0.4) is 0 Å². The van der Waals surface area contributed by atoms with Gasteiger partial charge in [0.15, 0.2) is 0 Å². The normalized spacial score (nSPS) is 23.1. The lowest BCUT2D eigenvalue weighted by Crippen LogP contribution is -2.43. The number of hydrogen-bond acceptors (Lipinski definition) is 5. The predicted octanol–water partition coefficient (Wildman–Crippen LogP) is 4.54. The molecule has 2 aliphatic carbocycles. The topological polar surface area (TPSA) is 85.6 Å². The molecule has 2 aliphatic rings. The van der Waals surface area contributed by atoms with Crippen LogP contribution in [0.1, 0.15) is 78.7 Å². The Balaban J connectivity index is 1.46. The van der Waals surface area contributed by atoms with Crippen LogP contribution in [0.5, 0.6) is 0 Å². The number of alkyl halides is 1. The van der Waals surface area contributed by atoms with E-state index in [2.05, 4.69) is 41.3 Å². The fourth-order valence-corrected chi connectivity index (χ4v) is 5.85. The standard InChI is InChI=1S/C25H29ClN6O/c1-15-9-25(10-15,23-31-28-14-32(23)4)17-8-18(13-27-12-17)29-22(33)20-7-16(11-26)19-5-6-24(2,3)21(19)30-20/h7-8,12-15H,5-6,9-11H2,1-4H3,(H,29,33). The quantitative estimate of drug-likeness (QED) is 0.560. The van der Waals surface area contributed by atoms with E-state index in [0.29, 0.717) is 23.2 Å². The van der Waals surface area contributed by atoms with Crippen molar-refractivity contribution in [3.63, 3.8) is 0 Å². The number of halogens is 1. The molecule has 0 unspecified atom stereocenters. The summed E-state index contributed by atoms with van der Waals surface area (Å²) in [7, 11) is 1.97. The van der Waals surface area contributed by atoms with Crippen molar-refractivity contribution in [2.24, 2.45) is 13.0 Å². The molecule has 1 saturated carbocycles. The Morgan fingerprint density at radius 1 is 1.27 bits per heavy atom. The van der Waals surface area contributed by atoms with E-state index < -0.39 is 0 Å². The van der Waals surface area contributed by atoms with E-state index in [9.17, 15) is 4.79 Å². The predicted molar refractivity (Wildman–Crippen MR) is 128 cm³/mol. The smallest absolute Gasteiger partial charge is 0.274 e. The zero-order chi connectivity index (χ0) is 23.4. The SMILES string of the molecule is CC1CC(c2cncc(NC(=O)c3cc(CCl)c4c(n3)C(C)(C)CC4)c2)(c2nncn2C)C1. The van der Waals surface area contributed by atoms with Crippen molar-refractivity contribution in [1.82, 2.24) is 24.7 Å². The van der Waals surface area contributed by atoms with Crippen molar-refractivity contribution in [3.8, 4) is 0 Å². The van der Waals surface area contributed by atoms with E-state index in [1.807, 2.05) is 29.9 Å². The average Bonchev–Trinajstić information content (AvgIpc) is 3.33. The van der Waals surface area contributed by atoms with Gasteiger partial charge < -0.3 is 9.88 Å². The highest BCUT2D eigenvalue weighted by molar-refractivity contribution is 6.17. The van der Waals surface area contributed by atoms with Gasteiger partial charge in [0, 0.05) is 24.5 Å². The Bertz CT molecular complexity index is 1230. The second-order valence-corrected chi connectivity index (χ2v) is 10.6. The molecule has 0 radical (unpaired) electrons. The number of nitrogens with zero attached hydrogens (tertiary/aromatic N) is 5. The summed E-state index contributed by atoms with van der Waals surface area (Å²) in [6, 6.07) is 3.83. The molecule has 5 rings (SSSR count). The summed E-state index contributed by atoms with van der Waals surface area (Å²) < 4.78 is 1.97. The van der Waals surface area contributed by atoms with Crippen molar-refractivity contribution in [3.05, 3.63) is 64.8 Å². The first-order chi connectivity index (χ1) is 15.7. The summed E-state index contributed by atoms with van der Waals surface area (Å²) in [5.74, 6) is 1.64. The number of carbonyl (C=O) groups is 1. The molecule has 33 heavy (non-hydrogen) atoms. The molecule has 1 fully saturated rings.